The minimum Gasteiger partial charge on any atom is -0.503 e. The lowest BCUT2D eigenvalue weighted by atomic mass is 9.94. The molecule has 1 N–H and O–H groups in total. The van der Waals surface area contributed by atoms with Crippen LogP contribution in [-0.4, -0.2) is 44.9 Å². The zero-order valence-corrected chi connectivity index (χ0v) is 22.3. The smallest absolute Gasteiger partial charge is 0.290 e. The Labute approximate surface area is 235 Å². The molecule has 0 spiro atoms. The van der Waals surface area contributed by atoms with Crippen LogP contribution in [0, 0.1) is 0 Å². The average molecular weight is 550 g/mol. The molecule has 0 bridgehead atoms. The van der Waals surface area contributed by atoms with Crippen molar-refractivity contribution in [1.82, 2.24) is 14.5 Å². The van der Waals surface area contributed by atoms with Crippen LogP contribution in [0.4, 0.5) is 0 Å². The quantitative estimate of drug-likeness (QED) is 0.210. The molecule has 0 radical (unpaired) electrons. The van der Waals surface area contributed by atoms with Crippen LogP contribution in [0.1, 0.15) is 28.6 Å². The van der Waals surface area contributed by atoms with Crippen molar-refractivity contribution in [1.29, 1.82) is 0 Å². The van der Waals surface area contributed by atoms with Crippen molar-refractivity contribution in [2.45, 2.75) is 19.0 Å². The first-order valence-corrected chi connectivity index (χ1v) is 13.2. The summed E-state index contributed by atoms with van der Waals surface area (Å²) in [6, 6.07) is 22.6. The van der Waals surface area contributed by atoms with Gasteiger partial charge in [-0.2, -0.15) is 0 Å². The van der Waals surface area contributed by atoms with Gasteiger partial charge in [0.2, 0.25) is 5.78 Å². The molecule has 9 heteroatoms. The van der Waals surface area contributed by atoms with E-state index in [0.29, 0.717) is 53.3 Å². The van der Waals surface area contributed by atoms with Gasteiger partial charge in [-0.1, -0.05) is 42.5 Å². The van der Waals surface area contributed by atoms with Gasteiger partial charge in [0, 0.05) is 30.9 Å². The number of furan rings is 1. The minimum absolute atomic E-state index is 0.000746. The molecule has 9 nitrogen and oxygen atoms in total. The molecule has 1 aliphatic rings. The van der Waals surface area contributed by atoms with E-state index in [9.17, 15) is 14.7 Å². The Morgan fingerprint density at radius 2 is 1.80 bits per heavy atom. The highest BCUT2D eigenvalue weighted by atomic mass is 16.5. The largest absolute Gasteiger partial charge is 0.503 e. The number of carbonyl (C=O) groups excluding carboxylic acids is 2. The highest BCUT2D eigenvalue weighted by Gasteiger charge is 2.44. The number of hydrogen-bond acceptors (Lipinski definition) is 7. The minimum atomic E-state index is -0.854. The molecular weight excluding hydrogens is 522 g/mol. The second kappa shape index (κ2) is 11.1. The van der Waals surface area contributed by atoms with E-state index in [1.54, 1.807) is 55.0 Å². The first-order valence-electron chi connectivity index (χ1n) is 13.2. The highest BCUT2D eigenvalue weighted by molar-refractivity contribution is 6.16. The lowest BCUT2D eigenvalue weighted by molar-refractivity contribution is -0.129. The van der Waals surface area contributed by atoms with E-state index in [2.05, 4.69) is 4.98 Å². The Hall–Kier alpha value is -5.31. The summed E-state index contributed by atoms with van der Waals surface area (Å²) in [4.78, 5) is 33.0. The van der Waals surface area contributed by atoms with Crippen LogP contribution in [-0.2, 0) is 11.3 Å². The Morgan fingerprint density at radius 3 is 2.59 bits per heavy atom. The number of aryl methyl sites for hydroxylation is 1. The van der Waals surface area contributed by atoms with Crippen LogP contribution in [0.5, 0.6) is 17.2 Å². The van der Waals surface area contributed by atoms with Crippen molar-refractivity contribution in [2.75, 3.05) is 13.7 Å². The van der Waals surface area contributed by atoms with E-state index in [-0.39, 0.29) is 11.3 Å². The monoisotopic (exact) mass is 549 g/mol. The van der Waals surface area contributed by atoms with Crippen molar-refractivity contribution in [3.63, 3.8) is 0 Å². The second-order valence-electron chi connectivity index (χ2n) is 9.62. The molecule has 3 aromatic carbocycles. The van der Waals surface area contributed by atoms with Crippen molar-refractivity contribution < 1.29 is 28.6 Å². The number of ether oxygens (including phenoxy) is 2. The van der Waals surface area contributed by atoms with Gasteiger partial charge < -0.3 is 28.5 Å². The van der Waals surface area contributed by atoms with Gasteiger partial charge in [0.15, 0.2) is 22.9 Å². The van der Waals surface area contributed by atoms with Gasteiger partial charge in [-0.05, 0) is 48.4 Å². The Balaban J connectivity index is 1.37. The van der Waals surface area contributed by atoms with E-state index in [1.807, 2.05) is 47.2 Å². The molecule has 1 unspecified atom stereocenters. The topological polar surface area (TPSA) is 107 Å². The molecule has 5 aromatic rings. The standard InChI is InChI=1S/C32H27N3O6/c1-39-25-13-6-9-22-19-26(41-31(22)25)29(36)27-28(21-8-5-12-24(18-21)40-23-10-3-2-4-11-23)35(32(38)30(27)37)16-7-15-34-17-14-33-20-34/h2-6,8-14,17-20,28,37H,7,15-16H2,1H3. The van der Waals surface area contributed by atoms with E-state index in [1.165, 1.54) is 12.0 Å². The van der Waals surface area contributed by atoms with Gasteiger partial charge in [-0.25, -0.2) is 4.98 Å². The van der Waals surface area contributed by atoms with E-state index in [4.69, 9.17) is 13.9 Å². The molecule has 2 aromatic heterocycles. The number of hydrogen-bond donors (Lipinski definition) is 1. The fraction of sp³-hybridized carbons (Fsp3) is 0.156. The molecular formula is C32H27N3O6. The zero-order chi connectivity index (χ0) is 28.3. The fourth-order valence-corrected chi connectivity index (χ4v) is 5.12. The third-order valence-electron chi connectivity index (χ3n) is 7.03. The zero-order valence-electron chi connectivity index (χ0n) is 22.3. The predicted octanol–water partition coefficient (Wildman–Crippen LogP) is 6.10. The summed E-state index contributed by atoms with van der Waals surface area (Å²) < 4.78 is 19.2. The normalized spacial score (nSPS) is 15.1. The number of rotatable bonds is 10. The summed E-state index contributed by atoms with van der Waals surface area (Å²) >= 11 is 0. The van der Waals surface area contributed by atoms with Gasteiger partial charge in [-0.15, -0.1) is 0 Å². The highest BCUT2D eigenvalue weighted by Crippen LogP contribution is 2.41. The van der Waals surface area contributed by atoms with Gasteiger partial charge >= 0.3 is 0 Å². The van der Waals surface area contributed by atoms with Crippen LogP contribution >= 0.6 is 0 Å². The van der Waals surface area contributed by atoms with Gasteiger partial charge in [0.25, 0.3) is 5.91 Å². The average Bonchev–Trinajstić information content (AvgIpc) is 3.73. The number of amides is 1. The number of aliphatic hydroxyl groups excluding tert-OH is 1. The van der Waals surface area contributed by atoms with Crippen molar-refractivity contribution in [3.8, 4) is 17.2 Å². The van der Waals surface area contributed by atoms with Crippen LogP contribution in [0.15, 0.2) is 113 Å². The summed E-state index contributed by atoms with van der Waals surface area (Å²) in [6.07, 6.45) is 5.81. The van der Waals surface area contributed by atoms with E-state index in [0.717, 1.165) is 0 Å². The molecule has 41 heavy (non-hydrogen) atoms. The summed E-state index contributed by atoms with van der Waals surface area (Å²) in [5, 5.41) is 11.8. The number of ketones is 1. The number of fused-ring (bicyclic) bond motifs is 1. The Bertz CT molecular complexity index is 1740. The lowest BCUT2D eigenvalue weighted by Gasteiger charge is -2.27. The predicted molar refractivity (Wildman–Crippen MR) is 151 cm³/mol. The number of para-hydroxylation sites is 2. The first-order chi connectivity index (χ1) is 20.0. The number of nitrogens with zero attached hydrogens (tertiary/aromatic N) is 3. The van der Waals surface area contributed by atoms with Crippen LogP contribution in [0.25, 0.3) is 11.0 Å². The first kappa shape index (κ1) is 25.9. The van der Waals surface area contributed by atoms with Gasteiger partial charge in [0.05, 0.1) is 25.1 Å². The Kier molecular flexibility index (Phi) is 6.99. The summed E-state index contributed by atoms with van der Waals surface area (Å²) in [5.74, 6) is -0.130. The summed E-state index contributed by atoms with van der Waals surface area (Å²) in [6.45, 7) is 0.904. The summed E-state index contributed by atoms with van der Waals surface area (Å²) in [7, 11) is 1.52. The number of Topliss-reactive ketones (excluding diaryl/α,β-unsaturated/α-hetero) is 1. The molecule has 0 saturated heterocycles. The van der Waals surface area contributed by atoms with Crippen molar-refractivity contribution >= 4 is 22.7 Å². The SMILES string of the molecule is COc1cccc2cc(C(=O)C3=C(O)C(=O)N(CCCn4ccnc4)C3c3cccc(Oc4ccccc4)c3)oc12. The van der Waals surface area contributed by atoms with Crippen LogP contribution < -0.4 is 9.47 Å². The molecule has 0 fully saturated rings. The van der Waals surface area contributed by atoms with E-state index < -0.39 is 23.5 Å². The van der Waals surface area contributed by atoms with Crippen molar-refractivity contribution in [3.05, 3.63) is 120 Å². The molecule has 6 rings (SSSR count). The maximum atomic E-state index is 14.0. The maximum absolute atomic E-state index is 14.0. The second-order valence-corrected chi connectivity index (χ2v) is 9.62. The fourth-order valence-electron chi connectivity index (χ4n) is 5.12. The summed E-state index contributed by atoms with van der Waals surface area (Å²) in [5.41, 5.74) is 0.984. The Morgan fingerprint density at radius 1 is 1.00 bits per heavy atom. The molecule has 1 atom stereocenters. The third-order valence-corrected chi connectivity index (χ3v) is 7.03. The number of imidazole rings is 1. The number of benzene rings is 3. The molecule has 0 aliphatic carbocycles. The van der Waals surface area contributed by atoms with Gasteiger partial charge in [0.1, 0.15) is 11.5 Å². The number of methoxy groups -OCH3 is 1. The lowest BCUT2D eigenvalue weighted by Crippen LogP contribution is -2.32. The number of aliphatic hydroxyl groups is 1. The van der Waals surface area contributed by atoms with Crippen LogP contribution in [0.3, 0.4) is 0 Å². The molecule has 3 heterocycles. The molecule has 1 amide bonds. The number of aromatic nitrogens is 2. The van der Waals surface area contributed by atoms with E-state index >= 15 is 0 Å². The van der Waals surface area contributed by atoms with Crippen molar-refractivity contribution in [2.24, 2.45) is 0 Å². The maximum Gasteiger partial charge on any atom is 0.290 e. The third kappa shape index (κ3) is 5.05. The molecule has 0 saturated carbocycles. The van der Waals surface area contributed by atoms with Crippen LogP contribution in [0.2, 0.25) is 0 Å². The molecule has 1 aliphatic heterocycles. The van der Waals surface area contributed by atoms with Gasteiger partial charge in [-0.3, -0.25) is 9.59 Å². The number of carbonyl (C=O) groups is 2. The molecule has 206 valence electrons.